The molecule has 5 rings (SSSR count). The Morgan fingerprint density at radius 2 is 1.94 bits per heavy atom. The third-order valence-corrected chi connectivity index (χ3v) is 7.37. The van der Waals surface area contributed by atoms with Gasteiger partial charge in [0.2, 0.25) is 0 Å². The lowest BCUT2D eigenvalue weighted by Gasteiger charge is -2.42. The molecule has 0 saturated carbocycles. The van der Waals surface area contributed by atoms with Crippen LogP contribution in [0.15, 0.2) is 41.5 Å². The Labute approximate surface area is 201 Å². The van der Waals surface area contributed by atoms with Crippen LogP contribution in [0.25, 0.3) is 10.8 Å². The summed E-state index contributed by atoms with van der Waals surface area (Å²) < 4.78 is 11.8. The van der Waals surface area contributed by atoms with E-state index in [9.17, 15) is 29.7 Å². The molecule has 5 N–H and O–H groups in total. The fraction of sp³-hybridized carbons (Fsp3) is 0.423. The molecule has 9 nitrogen and oxygen atoms in total. The molecule has 9 heteroatoms. The van der Waals surface area contributed by atoms with Crippen LogP contribution in [-0.4, -0.2) is 68.9 Å². The number of phenols is 1. The normalized spacial score (nSPS) is 33.0. The molecular formula is C26H27NO8. The minimum absolute atomic E-state index is 0.00467. The van der Waals surface area contributed by atoms with Crippen molar-refractivity contribution in [3.05, 3.63) is 52.6 Å². The standard InChI is InChI=1S/C26H27NO8/c1-11-22(29)17(27)8-19(34-11)35-18-10-26(33,12(2)28)9-16-20(18)25(32)21-15(23(16)30)7-13-5-3-4-6-14(13)24(21)31/h3-7,11,17-19,22,29,31,33H,8-10,27H2,1-2H3/t11-,17-,18-,19-,22+,26-/m0/s1. The lowest BCUT2D eigenvalue weighted by atomic mass is 9.69. The van der Waals surface area contributed by atoms with Crippen molar-refractivity contribution in [1.82, 2.24) is 0 Å². The summed E-state index contributed by atoms with van der Waals surface area (Å²) in [6.45, 7) is 2.85. The molecule has 0 radical (unpaired) electrons. The Morgan fingerprint density at radius 1 is 1.23 bits per heavy atom. The second-order valence-corrected chi connectivity index (χ2v) is 9.67. The zero-order valence-electron chi connectivity index (χ0n) is 19.4. The number of hydrogen-bond donors (Lipinski definition) is 4. The van der Waals surface area contributed by atoms with Crippen molar-refractivity contribution in [1.29, 1.82) is 0 Å². The van der Waals surface area contributed by atoms with Crippen molar-refractivity contribution in [2.24, 2.45) is 5.73 Å². The number of carbonyl (C=O) groups excluding carboxylic acids is 3. The maximum absolute atomic E-state index is 13.8. The number of rotatable bonds is 3. The van der Waals surface area contributed by atoms with Gasteiger partial charge in [0, 0.05) is 47.4 Å². The van der Waals surface area contributed by atoms with E-state index in [4.69, 9.17) is 15.2 Å². The lowest BCUT2D eigenvalue weighted by molar-refractivity contribution is -0.239. The summed E-state index contributed by atoms with van der Waals surface area (Å²) in [4.78, 5) is 39.8. The van der Waals surface area contributed by atoms with Crippen LogP contribution in [0.5, 0.6) is 5.75 Å². The van der Waals surface area contributed by atoms with Crippen molar-refractivity contribution in [3.63, 3.8) is 0 Å². The number of phenolic OH excluding ortho intramolecular Hbond substituents is 1. The minimum Gasteiger partial charge on any atom is -0.507 e. The van der Waals surface area contributed by atoms with E-state index >= 15 is 0 Å². The monoisotopic (exact) mass is 481 g/mol. The van der Waals surface area contributed by atoms with Gasteiger partial charge in [-0.25, -0.2) is 0 Å². The van der Waals surface area contributed by atoms with Crippen LogP contribution >= 0.6 is 0 Å². The van der Waals surface area contributed by atoms with Crippen LogP contribution in [0.4, 0.5) is 0 Å². The molecule has 0 amide bonds. The number of Topliss-reactive ketones (excluding diaryl/α,β-unsaturated/α-hetero) is 3. The number of nitrogens with two attached hydrogens (primary N) is 1. The first-order chi connectivity index (χ1) is 16.5. The summed E-state index contributed by atoms with van der Waals surface area (Å²) in [5.41, 5.74) is 3.96. The molecule has 0 spiro atoms. The zero-order chi connectivity index (χ0) is 25.2. The quantitative estimate of drug-likeness (QED) is 0.511. The Balaban J connectivity index is 1.61. The highest BCUT2D eigenvalue weighted by atomic mass is 16.7. The molecule has 1 heterocycles. The van der Waals surface area contributed by atoms with Crippen molar-refractivity contribution in [2.45, 2.75) is 69.4 Å². The molecule has 184 valence electrons. The number of benzene rings is 2. The molecule has 6 atom stereocenters. The van der Waals surface area contributed by atoms with Crippen LogP contribution in [-0.2, 0) is 14.3 Å². The first kappa shape index (κ1) is 23.8. The molecule has 2 aromatic carbocycles. The first-order valence-corrected chi connectivity index (χ1v) is 11.6. The second kappa shape index (κ2) is 8.32. The summed E-state index contributed by atoms with van der Waals surface area (Å²) >= 11 is 0. The highest BCUT2D eigenvalue weighted by Gasteiger charge is 2.50. The van der Waals surface area contributed by atoms with E-state index in [1.807, 2.05) is 0 Å². The number of ether oxygens (including phenoxy) is 2. The first-order valence-electron chi connectivity index (χ1n) is 11.6. The number of hydrogen-bond acceptors (Lipinski definition) is 9. The van der Waals surface area contributed by atoms with Gasteiger partial charge in [-0.3, -0.25) is 14.4 Å². The molecule has 1 saturated heterocycles. The highest BCUT2D eigenvalue weighted by Crippen LogP contribution is 2.45. The van der Waals surface area contributed by atoms with E-state index in [1.54, 1.807) is 31.2 Å². The Hall–Kier alpha value is -2.95. The molecule has 3 aliphatic rings. The number of aromatic hydroxyl groups is 1. The second-order valence-electron chi connectivity index (χ2n) is 9.67. The van der Waals surface area contributed by atoms with Crippen LogP contribution in [0.1, 0.15) is 53.8 Å². The van der Waals surface area contributed by atoms with Gasteiger partial charge in [-0.05, 0) is 25.3 Å². The minimum atomic E-state index is -1.92. The van der Waals surface area contributed by atoms with Crippen LogP contribution in [0.3, 0.4) is 0 Å². The average Bonchev–Trinajstić information content (AvgIpc) is 2.80. The molecule has 0 bridgehead atoms. The van der Waals surface area contributed by atoms with Gasteiger partial charge in [-0.2, -0.15) is 0 Å². The number of carbonyl (C=O) groups is 3. The summed E-state index contributed by atoms with van der Waals surface area (Å²) in [7, 11) is 0. The van der Waals surface area contributed by atoms with Gasteiger partial charge >= 0.3 is 0 Å². The molecule has 1 aliphatic heterocycles. The van der Waals surface area contributed by atoms with Crippen molar-refractivity contribution in [3.8, 4) is 5.75 Å². The van der Waals surface area contributed by atoms with Gasteiger partial charge in [-0.1, -0.05) is 24.3 Å². The maximum atomic E-state index is 13.8. The van der Waals surface area contributed by atoms with Gasteiger partial charge in [0.05, 0.1) is 23.9 Å². The third-order valence-electron chi connectivity index (χ3n) is 7.37. The van der Waals surface area contributed by atoms with Gasteiger partial charge in [0.15, 0.2) is 23.6 Å². The number of ketones is 3. The molecule has 2 aromatic rings. The van der Waals surface area contributed by atoms with E-state index in [0.29, 0.717) is 10.8 Å². The van der Waals surface area contributed by atoms with Crippen LogP contribution < -0.4 is 5.73 Å². The average molecular weight is 482 g/mol. The number of aliphatic hydroxyl groups excluding tert-OH is 1. The van der Waals surface area contributed by atoms with E-state index in [2.05, 4.69) is 0 Å². The Kier molecular flexibility index (Phi) is 5.65. The fourth-order valence-electron chi connectivity index (χ4n) is 5.32. The molecule has 2 aliphatic carbocycles. The molecule has 0 aromatic heterocycles. The highest BCUT2D eigenvalue weighted by molar-refractivity contribution is 6.30. The molecule has 0 unspecified atom stereocenters. The van der Waals surface area contributed by atoms with E-state index in [0.717, 1.165) is 0 Å². The fourth-order valence-corrected chi connectivity index (χ4v) is 5.32. The van der Waals surface area contributed by atoms with Crippen LogP contribution in [0.2, 0.25) is 0 Å². The topological polar surface area (TPSA) is 156 Å². The summed E-state index contributed by atoms with van der Waals surface area (Å²) in [6, 6.07) is 7.73. The number of aliphatic hydroxyl groups is 2. The van der Waals surface area contributed by atoms with Crippen molar-refractivity contribution in [2.75, 3.05) is 0 Å². The van der Waals surface area contributed by atoms with Crippen LogP contribution in [0, 0.1) is 0 Å². The predicted molar refractivity (Wildman–Crippen MR) is 124 cm³/mol. The molecular weight excluding hydrogens is 454 g/mol. The van der Waals surface area contributed by atoms with Crippen molar-refractivity contribution >= 4 is 28.1 Å². The van der Waals surface area contributed by atoms with Gasteiger partial charge < -0.3 is 30.5 Å². The smallest absolute Gasteiger partial charge is 0.196 e. The summed E-state index contributed by atoms with van der Waals surface area (Å²) in [6.07, 6.45) is -4.15. The SMILES string of the molecule is CC(=O)[C@]1(O)CC2=C(C(=O)c3c(cc4ccccc4c3O)C2=O)[C@@H](O[C@H]2C[C@H](N)[C@H](O)[C@H](C)O2)C1. The largest absolute Gasteiger partial charge is 0.507 e. The summed E-state index contributed by atoms with van der Waals surface area (Å²) in [5, 5.41) is 33.2. The van der Waals surface area contributed by atoms with E-state index in [1.165, 1.54) is 13.0 Å². The van der Waals surface area contributed by atoms with Crippen molar-refractivity contribution < 1.29 is 39.2 Å². The Bertz CT molecular complexity index is 1290. The molecule has 35 heavy (non-hydrogen) atoms. The maximum Gasteiger partial charge on any atom is 0.196 e. The molecule has 1 fully saturated rings. The predicted octanol–water partition coefficient (Wildman–Crippen LogP) is 1.54. The number of fused-ring (bicyclic) bond motifs is 2. The van der Waals surface area contributed by atoms with E-state index < -0.39 is 53.6 Å². The zero-order valence-corrected chi connectivity index (χ0v) is 19.4. The van der Waals surface area contributed by atoms with Gasteiger partial charge in [0.1, 0.15) is 11.4 Å². The van der Waals surface area contributed by atoms with E-state index in [-0.39, 0.29) is 47.3 Å². The lowest BCUT2D eigenvalue weighted by Crippen LogP contribution is -2.54. The van der Waals surface area contributed by atoms with Gasteiger partial charge in [0.25, 0.3) is 0 Å². The van der Waals surface area contributed by atoms with Gasteiger partial charge in [-0.15, -0.1) is 0 Å². The third kappa shape index (κ3) is 3.71. The summed E-state index contributed by atoms with van der Waals surface area (Å²) in [5.74, 6) is -2.01. The Morgan fingerprint density at radius 3 is 2.63 bits per heavy atom.